The smallest absolute Gasteiger partial charge is 0.431 e. The summed E-state index contributed by atoms with van der Waals surface area (Å²) in [4.78, 5) is 69.1. The summed E-state index contributed by atoms with van der Waals surface area (Å²) in [5.74, 6) is -0.293. The number of carboxylic acid groups (broad SMARTS) is 1. The van der Waals surface area contributed by atoms with E-state index >= 15 is 0 Å². The number of aliphatic carboxylic acids is 1. The number of thiazole rings is 1. The van der Waals surface area contributed by atoms with Crippen LogP contribution in [0.15, 0.2) is 10.5 Å². The van der Waals surface area contributed by atoms with Crippen molar-refractivity contribution in [2.45, 2.75) is 38.5 Å². The molecule has 20 heteroatoms. The monoisotopic (exact) mass is 551 g/mol. The van der Waals surface area contributed by atoms with Crippen LogP contribution in [0.5, 0.6) is 0 Å². The maximum absolute atomic E-state index is 12.8. The van der Waals surface area contributed by atoms with E-state index in [1.165, 1.54) is 26.2 Å². The predicted molar refractivity (Wildman–Crippen MR) is 118 cm³/mol. The van der Waals surface area contributed by atoms with E-state index in [-0.39, 0.29) is 20.1 Å². The van der Waals surface area contributed by atoms with Gasteiger partial charge >= 0.3 is 22.4 Å². The van der Waals surface area contributed by atoms with Crippen molar-refractivity contribution in [1.82, 2.24) is 19.6 Å². The molecule has 0 saturated carbocycles. The molecule has 2 heterocycles. The van der Waals surface area contributed by atoms with E-state index in [9.17, 15) is 36.9 Å². The fraction of sp³-hybridized carbons (Fsp3) is 0.438. The number of nitrogen functional groups attached to an aromatic ring is 1. The number of hydrogen-bond acceptors (Lipinski definition) is 14. The van der Waals surface area contributed by atoms with Gasteiger partial charge in [-0.3, -0.25) is 18.9 Å². The van der Waals surface area contributed by atoms with Crippen LogP contribution in [0.3, 0.4) is 0 Å². The van der Waals surface area contributed by atoms with Gasteiger partial charge < -0.3 is 25.7 Å². The minimum atomic E-state index is -5.34. The highest BCUT2D eigenvalue weighted by molar-refractivity contribution is 7.84. The number of anilines is 1. The minimum Gasteiger partial charge on any atom is -0.479 e. The third-order valence-corrected chi connectivity index (χ3v) is 5.57. The molecule has 0 radical (unpaired) electrons. The Labute approximate surface area is 206 Å². The fourth-order valence-corrected chi connectivity index (χ4v) is 4.00. The second kappa shape index (κ2) is 10.4. The fourth-order valence-electron chi connectivity index (χ4n) is 2.61. The lowest BCUT2D eigenvalue weighted by Gasteiger charge is -2.43. The average Bonchev–Trinajstić information content (AvgIpc) is 3.15. The highest BCUT2D eigenvalue weighted by Crippen LogP contribution is 2.26. The summed E-state index contributed by atoms with van der Waals surface area (Å²) in [5.41, 5.74) is 3.49. The van der Waals surface area contributed by atoms with Crippen molar-refractivity contribution >= 4 is 62.3 Å². The van der Waals surface area contributed by atoms with Crippen LogP contribution < -0.4 is 16.9 Å². The van der Waals surface area contributed by atoms with Crippen molar-refractivity contribution in [1.29, 1.82) is 0 Å². The molecule has 0 unspecified atom stereocenters. The topological polar surface area (TPSA) is 274 Å². The molecular formula is C16H21N7O11S2. The number of rotatable bonds is 8. The Bertz CT molecular complexity index is 1220. The van der Waals surface area contributed by atoms with Gasteiger partial charge in [-0.15, -0.1) is 11.3 Å². The van der Waals surface area contributed by atoms with Gasteiger partial charge in [0, 0.05) is 5.38 Å². The molecule has 1 saturated heterocycles. The molecule has 0 aromatic carbocycles. The molecule has 18 nitrogen and oxygen atoms in total. The van der Waals surface area contributed by atoms with Gasteiger partial charge in [0.05, 0.1) is 0 Å². The van der Waals surface area contributed by atoms with E-state index in [4.69, 9.17) is 21.4 Å². The van der Waals surface area contributed by atoms with Crippen LogP contribution in [0, 0.1) is 0 Å². The van der Waals surface area contributed by atoms with Crippen LogP contribution in [-0.2, 0) is 39.1 Å². The molecule has 1 aliphatic rings. The Morgan fingerprint density at radius 3 is 2.42 bits per heavy atom. The largest absolute Gasteiger partial charge is 0.479 e. The van der Waals surface area contributed by atoms with Crippen LogP contribution in [-0.4, -0.2) is 92.2 Å². The zero-order valence-corrected chi connectivity index (χ0v) is 20.4. The lowest BCUT2D eigenvalue weighted by molar-refractivity contribution is -0.156. The van der Waals surface area contributed by atoms with Crippen molar-refractivity contribution in [2.24, 2.45) is 11.0 Å². The number of nitrogens with zero attached hydrogens (tertiary/aromatic N) is 4. The molecule has 2 atom stereocenters. The van der Waals surface area contributed by atoms with Gasteiger partial charge in [-0.2, -0.15) is 17.7 Å². The number of amides is 4. The third-order valence-electron chi connectivity index (χ3n) is 3.99. The molecule has 1 aromatic heterocycles. The van der Waals surface area contributed by atoms with Crippen molar-refractivity contribution in [3.8, 4) is 0 Å². The molecule has 198 valence electrons. The number of hydrogen-bond donors (Lipinski definition) is 5. The molecule has 2 rings (SSSR count). The van der Waals surface area contributed by atoms with Crippen LogP contribution in [0.4, 0.5) is 9.93 Å². The van der Waals surface area contributed by atoms with Gasteiger partial charge in [-0.25, -0.2) is 20.4 Å². The van der Waals surface area contributed by atoms with Gasteiger partial charge in [-0.05, 0) is 20.8 Å². The molecular weight excluding hydrogens is 530 g/mol. The first-order chi connectivity index (χ1) is 16.4. The SMILES string of the molecule is CC(C)(C)OC(=O)N(N)C(=O)[C@H]1[C@@H](NC(=O)C(=NOCC(=O)O)c2csc(N)n2)C(=O)N1S(=O)(=O)O. The highest BCUT2D eigenvalue weighted by Gasteiger charge is 2.59. The van der Waals surface area contributed by atoms with E-state index in [2.05, 4.69) is 15.0 Å². The molecule has 4 amide bonds. The predicted octanol–water partition coefficient (Wildman–Crippen LogP) is -2.33. The number of imide groups is 1. The summed E-state index contributed by atoms with van der Waals surface area (Å²) in [6.07, 6.45) is -1.42. The number of β-lactam (4-membered cyclic amide) rings is 1. The molecule has 0 bridgehead atoms. The Balaban J connectivity index is 2.36. The lowest BCUT2D eigenvalue weighted by Crippen LogP contribution is -2.77. The molecule has 1 aromatic rings. The van der Waals surface area contributed by atoms with Gasteiger partial charge in [0.2, 0.25) is 6.61 Å². The number of carboxylic acids is 1. The molecule has 1 fully saturated rings. The average molecular weight is 552 g/mol. The number of carbonyl (C=O) groups excluding carboxylic acids is 4. The van der Waals surface area contributed by atoms with Gasteiger partial charge in [0.1, 0.15) is 17.3 Å². The second-order valence-corrected chi connectivity index (χ2v) is 10.1. The number of oxime groups is 1. The second-order valence-electron chi connectivity index (χ2n) is 7.87. The lowest BCUT2D eigenvalue weighted by atomic mass is 9.97. The normalized spacial score (nSPS) is 18.2. The van der Waals surface area contributed by atoms with E-state index in [0.29, 0.717) is 0 Å². The van der Waals surface area contributed by atoms with Crippen LogP contribution in [0.2, 0.25) is 0 Å². The Morgan fingerprint density at radius 2 is 1.94 bits per heavy atom. The minimum absolute atomic E-state index is 0.0230. The molecule has 1 aliphatic heterocycles. The summed E-state index contributed by atoms with van der Waals surface area (Å²) in [6, 6.07) is -4.17. The van der Waals surface area contributed by atoms with Crippen LogP contribution in [0.1, 0.15) is 26.5 Å². The number of aromatic nitrogens is 1. The molecule has 0 spiro atoms. The maximum Gasteiger partial charge on any atom is 0.431 e. The molecule has 0 aliphatic carbocycles. The summed E-state index contributed by atoms with van der Waals surface area (Å²) < 4.78 is 37.3. The summed E-state index contributed by atoms with van der Waals surface area (Å²) in [7, 11) is -5.34. The Kier molecular flexibility index (Phi) is 8.19. The van der Waals surface area contributed by atoms with Crippen LogP contribution >= 0.6 is 11.3 Å². The first-order valence-electron chi connectivity index (χ1n) is 9.50. The first-order valence-corrected chi connectivity index (χ1v) is 11.8. The van der Waals surface area contributed by atoms with Gasteiger partial charge in [0.25, 0.3) is 17.7 Å². The van der Waals surface area contributed by atoms with Crippen molar-refractivity contribution in [2.75, 3.05) is 12.3 Å². The number of hydrazine groups is 1. The van der Waals surface area contributed by atoms with E-state index in [1.54, 1.807) is 0 Å². The summed E-state index contributed by atoms with van der Waals surface area (Å²) in [6.45, 7) is 3.38. The molecule has 36 heavy (non-hydrogen) atoms. The van der Waals surface area contributed by atoms with Crippen LogP contribution in [0.25, 0.3) is 0 Å². The highest BCUT2D eigenvalue weighted by atomic mass is 32.2. The van der Waals surface area contributed by atoms with E-state index in [0.717, 1.165) is 11.3 Å². The van der Waals surface area contributed by atoms with Crippen molar-refractivity contribution in [3.63, 3.8) is 0 Å². The van der Waals surface area contributed by atoms with E-state index in [1.807, 2.05) is 5.32 Å². The van der Waals surface area contributed by atoms with Crippen molar-refractivity contribution in [3.05, 3.63) is 11.1 Å². The Morgan fingerprint density at radius 1 is 1.33 bits per heavy atom. The maximum atomic E-state index is 12.8. The number of nitrogens with two attached hydrogens (primary N) is 2. The third kappa shape index (κ3) is 6.62. The number of ether oxygens (including phenoxy) is 1. The van der Waals surface area contributed by atoms with Gasteiger partial charge in [0.15, 0.2) is 16.9 Å². The first kappa shape index (κ1) is 28.4. The van der Waals surface area contributed by atoms with Crippen molar-refractivity contribution < 1.29 is 51.6 Å². The number of nitrogens with one attached hydrogen (secondary N) is 1. The standard InChI is InChI=1S/C16H21N7O11S2/c1-16(2,3)34-15(29)22(18)13(28)10-9(12(27)23(10)36(30,31)32)20-11(26)8(21-33-4-7(24)25)6-5-35-14(17)19-6/h5,9-10H,4,18H2,1-3H3,(H2,17,19)(H,20,26)(H,24,25)(H,30,31,32)/t9-,10-/m1/s1. The zero-order chi connectivity index (χ0) is 27.6. The molecule has 7 N–H and O–H groups in total. The summed E-state index contributed by atoms with van der Waals surface area (Å²) >= 11 is 0.867. The summed E-state index contributed by atoms with van der Waals surface area (Å²) in [5, 5.41) is 15.1. The quantitative estimate of drug-likeness (QED) is 0.0566. The van der Waals surface area contributed by atoms with E-state index < -0.39 is 70.1 Å². The zero-order valence-electron chi connectivity index (χ0n) is 18.8. The Hall–Kier alpha value is -3.88. The van der Waals surface area contributed by atoms with Gasteiger partial charge in [-0.1, -0.05) is 5.16 Å². The number of carbonyl (C=O) groups is 5.